The Bertz CT molecular complexity index is 499. The van der Waals surface area contributed by atoms with E-state index in [4.69, 9.17) is 16.3 Å². The molecule has 0 fully saturated rings. The van der Waals surface area contributed by atoms with Gasteiger partial charge in [0, 0.05) is 11.6 Å². The summed E-state index contributed by atoms with van der Waals surface area (Å²) >= 11 is 5.77. The van der Waals surface area contributed by atoms with Crippen LogP contribution >= 0.6 is 11.6 Å². The predicted molar refractivity (Wildman–Crippen MR) is 78.3 cm³/mol. The lowest BCUT2D eigenvalue weighted by Crippen LogP contribution is -2.52. The molecule has 4 heteroatoms. The quantitative estimate of drug-likeness (QED) is 0.776. The Balaban J connectivity index is 2.59. The Morgan fingerprint density at radius 2 is 2.21 bits per heavy atom. The lowest BCUT2D eigenvalue weighted by Gasteiger charge is -2.45. The van der Waals surface area contributed by atoms with E-state index in [0.29, 0.717) is 5.92 Å². The number of anilines is 1. The highest BCUT2D eigenvalue weighted by Crippen LogP contribution is 2.44. The molecule has 19 heavy (non-hydrogen) atoms. The van der Waals surface area contributed by atoms with Crippen molar-refractivity contribution in [3.63, 3.8) is 0 Å². The largest absolute Gasteiger partial charge is 0.497 e. The Kier molecular flexibility index (Phi) is 3.77. The van der Waals surface area contributed by atoms with Crippen LogP contribution in [-0.2, 0) is 4.79 Å². The van der Waals surface area contributed by atoms with Crippen LogP contribution in [0.4, 0.5) is 5.69 Å². The zero-order valence-corrected chi connectivity index (χ0v) is 12.6. The van der Waals surface area contributed by atoms with Crippen molar-refractivity contribution in [2.45, 2.75) is 38.6 Å². The summed E-state index contributed by atoms with van der Waals surface area (Å²) in [5.41, 5.74) is 1.87. The van der Waals surface area contributed by atoms with Crippen LogP contribution in [0.5, 0.6) is 5.75 Å². The zero-order valence-electron chi connectivity index (χ0n) is 11.9. The van der Waals surface area contributed by atoms with Crippen molar-refractivity contribution in [1.82, 2.24) is 0 Å². The van der Waals surface area contributed by atoms with E-state index in [1.807, 2.05) is 23.1 Å². The van der Waals surface area contributed by atoms with E-state index in [1.54, 1.807) is 7.11 Å². The molecule has 0 unspecified atom stereocenters. The van der Waals surface area contributed by atoms with Crippen molar-refractivity contribution in [1.29, 1.82) is 0 Å². The van der Waals surface area contributed by atoms with Crippen molar-refractivity contribution in [2.24, 2.45) is 0 Å². The maximum Gasteiger partial charge on any atom is 0.242 e. The van der Waals surface area contributed by atoms with E-state index in [1.165, 1.54) is 5.56 Å². The van der Waals surface area contributed by atoms with Gasteiger partial charge in [0.1, 0.15) is 11.6 Å². The molecule has 3 nitrogen and oxygen atoms in total. The third-order valence-electron chi connectivity index (χ3n) is 3.78. The normalized spacial score (nSPS) is 20.9. The van der Waals surface area contributed by atoms with Crippen LogP contribution in [0.3, 0.4) is 0 Å². The first-order valence-electron chi connectivity index (χ1n) is 6.47. The molecular weight excluding hydrogens is 262 g/mol. The average molecular weight is 282 g/mol. The second-order valence-corrected chi connectivity index (χ2v) is 5.97. The van der Waals surface area contributed by atoms with Gasteiger partial charge in [-0.2, -0.15) is 0 Å². The SMILES string of the molecule is COc1ccc2c(c1)N(C(=O)CCl)C(C)(C)C[C@@H]2C. The van der Waals surface area contributed by atoms with Crippen LogP contribution in [0.1, 0.15) is 38.7 Å². The highest BCUT2D eigenvalue weighted by Gasteiger charge is 2.39. The smallest absolute Gasteiger partial charge is 0.242 e. The van der Waals surface area contributed by atoms with Gasteiger partial charge in [0.2, 0.25) is 5.91 Å². The summed E-state index contributed by atoms with van der Waals surface area (Å²) in [5.74, 6) is 1.11. The number of alkyl halides is 1. The Labute approximate surface area is 119 Å². The minimum atomic E-state index is -0.231. The van der Waals surface area contributed by atoms with E-state index >= 15 is 0 Å². The van der Waals surface area contributed by atoms with E-state index in [9.17, 15) is 4.79 Å². The van der Waals surface area contributed by atoms with Gasteiger partial charge in [-0.15, -0.1) is 11.6 Å². The number of hydrogen-bond donors (Lipinski definition) is 0. The number of carbonyl (C=O) groups is 1. The molecule has 0 spiro atoms. The van der Waals surface area contributed by atoms with Gasteiger partial charge in [0.05, 0.1) is 12.8 Å². The summed E-state index contributed by atoms with van der Waals surface area (Å²) in [7, 11) is 1.63. The fraction of sp³-hybridized carbons (Fsp3) is 0.533. The number of fused-ring (bicyclic) bond motifs is 1. The maximum absolute atomic E-state index is 12.2. The predicted octanol–water partition coefficient (Wildman–Crippen LogP) is 3.55. The molecular formula is C15H20ClNO2. The number of rotatable bonds is 2. The van der Waals surface area contributed by atoms with E-state index < -0.39 is 0 Å². The lowest BCUT2D eigenvalue weighted by molar-refractivity contribution is -0.117. The van der Waals surface area contributed by atoms with E-state index in [2.05, 4.69) is 20.8 Å². The summed E-state index contributed by atoms with van der Waals surface area (Å²) in [6.07, 6.45) is 0.926. The van der Waals surface area contributed by atoms with Gasteiger partial charge in [0.15, 0.2) is 0 Å². The van der Waals surface area contributed by atoms with Crippen LogP contribution in [0.2, 0.25) is 0 Å². The van der Waals surface area contributed by atoms with Crippen LogP contribution in [0.15, 0.2) is 18.2 Å². The molecule has 0 aromatic heterocycles. The number of hydrogen-bond acceptors (Lipinski definition) is 2. The monoisotopic (exact) mass is 281 g/mol. The number of methoxy groups -OCH3 is 1. The molecule has 0 bridgehead atoms. The summed E-state index contributed by atoms with van der Waals surface area (Å²) < 4.78 is 5.27. The molecule has 0 N–H and O–H groups in total. The molecule has 1 aromatic carbocycles. The van der Waals surface area contributed by atoms with Crippen LogP contribution in [0.25, 0.3) is 0 Å². The number of amides is 1. The molecule has 0 saturated carbocycles. The standard InChI is InChI=1S/C15H20ClNO2/c1-10-8-15(2,3)17(14(18)9-16)13-7-11(19-4)5-6-12(10)13/h5-7,10H,8-9H2,1-4H3/t10-/m0/s1. The van der Waals surface area contributed by atoms with Gasteiger partial charge in [-0.05, 0) is 37.8 Å². The fourth-order valence-corrected chi connectivity index (χ4v) is 3.19. The van der Waals surface area contributed by atoms with Crippen molar-refractivity contribution in [3.05, 3.63) is 23.8 Å². The molecule has 2 rings (SSSR count). The summed E-state index contributed by atoms with van der Waals surface area (Å²) in [4.78, 5) is 14.0. The molecule has 0 saturated heterocycles. The Morgan fingerprint density at radius 3 is 2.79 bits per heavy atom. The second-order valence-electron chi connectivity index (χ2n) is 5.71. The first-order chi connectivity index (χ1) is 8.90. The Hall–Kier alpha value is -1.22. The van der Waals surface area contributed by atoms with E-state index in [0.717, 1.165) is 17.9 Å². The van der Waals surface area contributed by atoms with Gasteiger partial charge >= 0.3 is 0 Å². The van der Waals surface area contributed by atoms with Crippen LogP contribution in [0, 0.1) is 0 Å². The van der Waals surface area contributed by atoms with Crippen LogP contribution < -0.4 is 9.64 Å². The minimum Gasteiger partial charge on any atom is -0.497 e. The molecule has 0 aliphatic carbocycles. The van der Waals surface area contributed by atoms with Gasteiger partial charge < -0.3 is 9.64 Å². The summed E-state index contributed by atoms with van der Waals surface area (Å²) in [6.45, 7) is 6.35. The number of halogens is 1. The van der Waals surface area contributed by atoms with Gasteiger partial charge in [-0.25, -0.2) is 0 Å². The summed E-state index contributed by atoms with van der Waals surface area (Å²) in [5, 5.41) is 0. The Morgan fingerprint density at radius 1 is 1.53 bits per heavy atom. The molecule has 1 aliphatic heterocycles. The number of nitrogens with zero attached hydrogens (tertiary/aromatic N) is 1. The van der Waals surface area contributed by atoms with Crippen molar-refractivity contribution in [2.75, 3.05) is 17.9 Å². The molecule has 1 atom stereocenters. The zero-order chi connectivity index (χ0) is 14.2. The van der Waals surface area contributed by atoms with Crippen molar-refractivity contribution in [3.8, 4) is 5.75 Å². The lowest BCUT2D eigenvalue weighted by atomic mass is 9.80. The molecule has 1 amide bonds. The fourth-order valence-electron chi connectivity index (χ4n) is 3.07. The highest BCUT2D eigenvalue weighted by atomic mass is 35.5. The topological polar surface area (TPSA) is 29.5 Å². The first-order valence-corrected chi connectivity index (χ1v) is 7.01. The van der Waals surface area contributed by atoms with Crippen molar-refractivity contribution >= 4 is 23.2 Å². The van der Waals surface area contributed by atoms with Gasteiger partial charge in [-0.1, -0.05) is 13.0 Å². The number of carbonyl (C=O) groups excluding carboxylic acids is 1. The molecule has 0 radical (unpaired) electrons. The number of benzene rings is 1. The second kappa shape index (κ2) is 5.04. The maximum atomic E-state index is 12.2. The molecule has 1 aliphatic rings. The molecule has 1 heterocycles. The van der Waals surface area contributed by atoms with Crippen molar-refractivity contribution < 1.29 is 9.53 Å². The van der Waals surface area contributed by atoms with E-state index in [-0.39, 0.29) is 17.3 Å². The number of ether oxygens (including phenoxy) is 1. The van der Waals surface area contributed by atoms with Gasteiger partial charge in [0.25, 0.3) is 0 Å². The minimum absolute atomic E-state index is 0.00550. The average Bonchev–Trinajstić information content (AvgIpc) is 2.36. The highest BCUT2D eigenvalue weighted by molar-refractivity contribution is 6.29. The first kappa shape index (κ1) is 14.2. The molecule has 104 valence electrons. The third-order valence-corrected chi connectivity index (χ3v) is 4.01. The molecule has 1 aromatic rings. The van der Waals surface area contributed by atoms with Gasteiger partial charge in [-0.3, -0.25) is 4.79 Å². The third kappa shape index (κ3) is 2.44. The van der Waals surface area contributed by atoms with Crippen LogP contribution in [-0.4, -0.2) is 24.4 Å². The summed E-state index contributed by atoms with van der Waals surface area (Å²) in [6, 6.07) is 5.91.